The fourth-order valence-electron chi connectivity index (χ4n) is 3.34. The molecule has 4 rings (SSSR count). The zero-order valence-electron chi connectivity index (χ0n) is 19.0. The Bertz CT molecular complexity index is 1350. The van der Waals surface area contributed by atoms with Crippen LogP contribution in [0.3, 0.4) is 0 Å². The molecule has 0 aromatic carbocycles. The standard InChI is InChI=1S/C23H26N4O4SSi/c1-30-23(29)15-10-17(22(28)27(12-15)14-31-8-9-33(2,3)4)21-26-19(13-32-21)18-11-25-20-16(18)6-5-7-24-20/h5-7,10-13H,8-9,14H2,1-4H3,(H,24,25). The van der Waals surface area contributed by atoms with Crippen LogP contribution >= 0.6 is 11.3 Å². The number of ether oxygens (including phenoxy) is 2. The molecule has 172 valence electrons. The Hall–Kier alpha value is -3.08. The van der Waals surface area contributed by atoms with Crippen molar-refractivity contribution in [3.05, 3.63) is 58.1 Å². The van der Waals surface area contributed by atoms with E-state index in [-0.39, 0.29) is 17.9 Å². The van der Waals surface area contributed by atoms with Crippen molar-refractivity contribution in [2.45, 2.75) is 32.4 Å². The van der Waals surface area contributed by atoms with Crippen molar-refractivity contribution in [1.82, 2.24) is 19.5 Å². The number of methoxy groups -OCH3 is 1. The molecule has 0 fully saturated rings. The predicted molar refractivity (Wildman–Crippen MR) is 132 cm³/mol. The van der Waals surface area contributed by atoms with E-state index in [0.29, 0.717) is 17.2 Å². The van der Waals surface area contributed by atoms with E-state index in [1.165, 1.54) is 35.3 Å². The molecule has 0 saturated carbocycles. The van der Waals surface area contributed by atoms with Gasteiger partial charge in [-0.3, -0.25) is 9.36 Å². The van der Waals surface area contributed by atoms with Crippen LogP contribution in [-0.4, -0.2) is 47.3 Å². The Labute approximate surface area is 196 Å². The number of aromatic nitrogens is 4. The number of thiazole rings is 1. The van der Waals surface area contributed by atoms with Gasteiger partial charge in [0.2, 0.25) is 0 Å². The molecular weight excluding hydrogens is 456 g/mol. The SMILES string of the molecule is COC(=O)c1cc(-c2nc(-c3c[nH]c4ncccc34)cs2)c(=O)n(COCC[Si](C)(C)C)c1. The Morgan fingerprint density at radius 1 is 1.27 bits per heavy atom. The first-order valence-electron chi connectivity index (χ1n) is 10.6. The number of hydrogen-bond acceptors (Lipinski definition) is 7. The molecule has 0 bridgehead atoms. The van der Waals surface area contributed by atoms with Crippen LogP contribution < -0.4 is 5.56 Å². The van der Waals surface area contributed by atoms with Crippen molar-refractivity contribution >= 4 is 36.4 Å². The number of H-pyrrole nitrogens is 1. The van der Waals surface area contributed by atoms with Gasteiger partial charge in [-0.05, 0) is 24.2 Å². The van der Waals surface area contributed by atoms with Crippen LogP contribution in [0.25, 0.3) is 32.9 Å². The van der Waals surface area contributed by atoms with E-state index < -0.39 is 14.0 Å². The van der Waals surface area contributed by atoms with Gasteiger partial charge in [-0.1, -0.05) is 19.6 Å². The topological polar surface area (TPSA) is 99.1 Å². The summed E-state index contributed by atoms with van der Waals surface area (Å²) in [4.78, 5) is 37.6. The zero-order chi connectivity index (χ0) is 23.6. The van der Waals surface area contributed by atoms with E-state index in [4.69, 9.17) is 14.5 Å². The van der Waals surface area contributed by atoms with Crippen LogP contribution in [0.4, 0.5) is 0 Å². The van der Waals surface area contributed by atoms with E-state index in [2.05, 4.69) is 29.6 Å². The van der Waals surface area contributed by atoms with Gasteiger partial charge in [0.25, 0.3) is 5.56 Å². The first-order valence-corrected chi connectivity index (χ1v) is 15.1. The molecule has 0 radical (unpaired) electrons. The van der Waals surface area contributed by atoms with Crippen molar-refractivity contribution in [2.75, 3.05) is 13.7 Å². The lowest BCUT2D eigenvalue weighted by Gasteiger charge is -2.16. The highest BCUT2D eigenvalue weighted by Gasteiger charge is 2.18. The first-order chi connectivity index (χ1) is 15.8. The highest BCUT2D eigenvalue weighted by molar-refractivity contribution is 7.13. The molecule has 33 heavy (non-hydrogen) atoms. The summed E-state index contributed by atoms with van der Waals surface area (Å²) in [5.41, 5.74) is 2.74. The molecule has 0 amide bonds. The Morgan fingerprint density at radius 2 is 2.09 bits per heavy atom. The molecule has 4 heterocycles. The van der Waals surface area contributed by atoms with Crippen LogP contribution in [0.5, 0.6) is 0 Å². The van der Waals surface area contributed by atoms with Gasteiger partial charge in [-0.25, -0.2) is 14.8 Å². The number of pyridine rings is 2. The molecule has 0 unspecified atom stereocenters. The second-order valence-electron chi connectivity index (χ2n) is 8.90. The maximum absolute atomic E-state index is 13.2. The predicted octanol–water partition coefficient (Wildman–Crippen LogP) is 4.61. The van der Waals surface area contributed by atoms with Crippen molar-refractivity contribution in [3.8, 4) is 21.8 Å². The first kappa shape index (κ1) is 23.1. The minimum atomic E-state index is -1.25. The van der Waals surface area contributed by atoms with Crippen molar-refractivity contribution in [2.24, 2.45) is 0 Å². The number of carbonyl (C=O) groups is 1. The lowest BCUT2D eigenvalue weighted by molar-refractivity contribution is 0.0595. The minimum absolute atomic E-state index is 0.0630. The number of aromatic amines is 1. The van der Waals surface area contributed by atoms with Gasteiger partial charge >= 0.3 is 5.97 Å². The maximum atomic E-state index is 13.2. The smallest absolute Gasteiger partial charge is 0.339 e. The second-order valence-corrected chi connectivity index (χ2v) is 15.4. The summed E-state index contributed by atoms with van der Waals surface area (Å²) in [5.74, 6) is -0.522. The van der Waals surface area contributed by atoms with Gasteiger partial charge in [0.05, 0.1) is 23.9 Å². The third-order valence-electron chi connectivity index (χ3n) is 5.20. The summed E-state index contributed by atoms with van der Waals surface area (Å²) < 4.78 is 12.1. The zero-order valence-corrected chi connectivity index (χ0v) is 20.9. The normalized spacial score (nSPS) is 11.8. The summed E-state index contributed by atoms with van der Waals surface area (Å²) in [6.07, 6.45) is 5.06. The number of nitrogens with one attached hydrogen (secondary N) is 1. The number of carbonyl (C=O) groups excluding carboxylic acids is 1. The fraction of sp³-hybridized carbons (Fsp3) is 0.304. The molecule has 0 atom stereocenters. The Balaban J connectivity index is 1.68. The van der Waals surface area contributed by atoms with Crippen LogP contribution in [0.1, 0.15) is 10.4 Å². The molecule has 0 spiro atoms. The quantitative estimate of drug-likeness (QED) is 0.224. The largest absolute Gasteiger partial charge is 0.465 e. The summed E-state index contributed by atoms with van der Waals surface area (Å²) in [7, 11) is 0.0616. The van der Waals surface area contributed by atoms with Crippen LogP contribution in [0.2, 0.25) is 25.7 Å². The number of fused-ring (bicyclic) bond motifs is 1. The molecule has 0 aliphatic rings. The fourth-order valence-corrected chi connectivity index (χ4v) is 4.93. The molecule has 1 N–H and O–H groups in total. The summed E-state index contributed by atoms with van der Waals surface area (Å²) in [5, 5.41) is 3.37. The number of nitrogens with zero attached hydrogens (tertiary/aromatic N) is 3. The monoisotopic (exact) mass is 482 g/mol. The minimum Gasteiger partial charge on any atom is -0.465 e. The second kappa shape index (κ2) is 9.42. The van der Waals surface area contributed by atoms with Gasteiger partial charge in [-0.15, -0.1) is 11.3 Å². The van der Waals surface area contributed by atoms with Gasteiger partial charge in [0, 0.05) is 49.6 Å². The molecule has 10 heteroatoms. The molecular formula is C23H26N4O4SSi. The van der Waals surface area contributed by atoms with Gasteiger partial charge in [0.1, 0.15) is 17.4 Å². The van der Waals surface area contributed by atoms with Gasteiger partial charge < -0.3 is 14.5 Å². The third kappa shape index (κ3) is 5.13. The number of rotatable bonds is 8. The summed E-state index contributed by atoms with van der Waals surface area (Å²) in [6, 6.07) is 6.36. The summed E-state index contributed by atoms with van der Waals surface area (Å²) >= 11 is 1.35. The van der Waals surface area contributed by atoms with Crippen molar-refractivity contribution < 1.29 is 14.3 Å². The molecule has 8 nitrogen and oxygen atoms in total. The lowest BCUT2D eigenvalue weighted by atomic mass is 10.1. The van der Waals surface area contributed by atoms with E-state index >= 15 is 0 Å². The van der Waals surface area contributed by atoms with Crippen LogP contribution in [-0.2, 0) is 16.2 Å². The molecule has 4 aromatic heterocycles. The highest BCUT2D eigenvalue weighted by atomic mass is 32.1. The molecule has 0 aliphatic heterocycles. The van der Waals surface area contributed by atoms with Crippen molar-refractivity contribution in [3.63, 3.8) is 0 Å². The average Bonchev–Trinajstić information content (AvgIpc) is 3.43. The molecule has 4 aromatic rings. The van der Waals surface area contributed by atoms with Gasteiger partial charge in [0.15, 0.2) is 0 Å². The molecule has 0 aliphatic carbocycles. The summed E-state index contributed by atoms with van der Waals surface area (Å²) in [6.45, 7) is 7.43. The van der Waals surface area contributed by atoms with Gasteiger partial charge in [-0.2, -0.15) is 0 Å². The highest BCUT2D eigenvalue weighted by Crippen LogP contribution is 2.31. The van der Waals surface area contributed by atoms with Crippen LogP contribution in [0, 0.1) is 0 Å². The van der Waals surface area contributed by atoms with Crippen molar-refractivity contribution in [1.29, 1.82) is 0 Å². The third-order valence-corrected chi connectivity index (χ3v) is 7.78. The molecule has 0 saturated heterocycles. The Morgan fingerprint density at radius 3 is 2.85 bits per heavy atom. The maximum Gasteiger partial charge on any atom is 0.339 e. The van der Waals surface area contributed by atoms with E-state index in [9.17, 15) is 9.59 Å². The lowest BCUT2D eigenvalue weighted by Crippen LogP contribution is -2.26. The van der Waals surface area contributed by atoms with Crippen LogP contribution in [0.15, 0.2) is 47.0 Å². The number of hydrogen-bond donors (Lipinski definition) is 1. The Kier molecular flexibility index (Phi) is 6.59. The van der Waals surface area contributed by atoms with E-state index in [0.717, 1.165) is 28.3 Å². The number of esters is 1. The van der Waals surface area contributed by atoms with E-state index in [1.807, 2.05) is 23.7 Å². The average molecular weight is 483 g/mol. The van der Waals surface area contributed by atoms with E-state index in [1.54, 1.807) is 6.20 Å².